The van der Waals surface area contributed by atoms with E-state index < -0.39 is 12.1 Å². The largest absolute Gasteiger partial charge is 0.445 e. The number of amides is 2. The zero-order valence-electron chi connectivity index (χ0n) is 17.0. The second kappa shape index (κ2) is 15.1. The summed E-state index contributed by atoms with van der Waals surface area (Å²) in [5.41, 5.74) is 0.912. The molecule has 0 saturated carbocycles. The van der Waals surface area contributed by atoms with E-state index in [1.165, 1.54) is 44.9 Å². The highest BCUT2D eigenvalue weighted by Gasteiger charge is 2.15. The average Bonchev–Trinajstić information content (AvgIpc) is 2.68. The molecular weight excluding hydrogens is 340 g/mol. The van der Waals surface area contributed by atoms with Gasteiger partial charge in [0.15, 0.2) is 0 Å². The van der Waals surface area contributed by atoms with E-state index in [1.54, 1.807) is 6.92 Å². The average molecular weight is 377 g/mol. The molecule has 1 atom stereocenters. The molecule has 0 saturated heterocycles. The highest BCUT2D eigenvalue weighted by molar-refractivity contribution is 5.85. The predicted molar refractivity (Wildman–Crippen MR) is 109 cm³/mol. The molecule has 0 aromatic heterocycles. The van der Waals surface area contributed by atoms with Gasteiger partial charge in [-0.05, 0) is 18.9 Å². The monoisotopic (exact) mass is 376 g/mol. The highest BCUT2D eigenvalue weighted by Crippen LogP contribution is 2.09. The summed E-state index contributed by atoms with van der Waals surface area (Å²) in [6, 6.07) is 8.84. The summed E-state index contributed by atoms with van der Waals surface area (Å²) < 4.78 is 5.12. The number of rotatable bonds is 14. The van der Waals surface area contributed by atoms with Crippen molar-refractivity contribution in [3.8, 4) is 0 Å². The first-order valence-electron chi connectivity index (χ1n) is 10.4. The van der Waals surface area contributed by atoms with Crippen molar-refractivity contribution >= 4 is 12.0 Å². The van der Waals surface area contributed by atoms with Crippen molar-refractivity contribution < 1.29 is 14.3 Å². The summed E-state index contributed by atoms with van der Waals surface area (Å²) in [6.45, 7) is 4.74. The Morgan fingerprint density at radius 2 is 1.52 bits per heavy atom. The van der Waals surface area contributed by atoms with E-state index in [2.05, 4.69) is 17.6 Å². The molecule has 1 aromatic carbocycles. The van der Waals surface area contributed by atoms with Crippen molar-refractivity contribution in [1.29, 1.82) is 0 Å². The minimum Gasteiger partial charge on any atom is -0.445 e. The van der Waals surface area contributed by atoms with Crippen molar-refractivity contribution in [3.63, 3.8) is 0 Å². The third-order valence-electron chi connectivity index (χ3n) is 4.52. The van der Waals surface area contributed by atoms with Gasteiger partial charge in [0.1, 0.15) is 12.6 Å². The zero-order valence-corrected chi connectivity index (χ0v) is 17.0. The van der Waals surface area contributed by atoms with E-state index >= 15 is 0 Å². The van der Waals surface area contributed by atoms with Crippen LogP contribution in [0.1, 0.15) is 77.2 Å². The van der Waals surface area contributed by atoms with Gasteiger partial charge in [-0.25, -0.2) is 4.79 Å². The summed E-state index contributed by atoms with van der Waals surface area (Å²) in [4.78, 5) is 23.8. The molecule has 0 aliphatic carbocycles. The Morgan fingerprint density at radius 3 is 2.15 bits per heavy atom. The molecule has 5 nitrogen and oxygen atoms in total. The Balaban J connectivity index is 2.01. The topological polar surface area (TPSA) is 67.4 Å². The molecule has 1 aromatic rings. The van der Waals surface area contributed by atoms with Crippen LogP contribution >= 0.6 is 0 Å². The van der Waals surface area contributed by atoms with Crippen LogP contribution in [0.15, 0.2) is 30.3 Å². The summed E-state index contributed by atoms with van der Waals surface area (Å²) >= 11 is 0. The Hall–Kier alpha value is -2.04. The Labute approximate surface area is 164 Å². The number of nitrogens with one attached hydrogen (secondary N) is 2. The van der Waals surface area contributed by atoms with Crippen LogP contribution in [-0.2, 0) is 16.1 Å². The maximum absolute atomic E-state index is 12.0. The normalized spacial score (nSPS) is 11.6. The van der Waals surface area contributed by atoms with E-state index in [0.717, 1.165) is 18.4 Å². The van der Waals surface area contributed by atoms with Crippen LogP contribution in [0.4, 0.5) is 4.79 Å². The molecule has 0 bridgehead atoms. The number of hydrogen-bond donors (Lipinski definition) is 2. The van der Waals surface area contributed by atoms with E-state index in [4.69, 9.17) is 4.74 Å². The second-order valence-electron chi connectivity index (χ2n) is 7.05. The molecule has 0 spiro atoms. The van der Waals surface area contributed by atoms with Gasteiger partial charge in [-0.15, -0.1) is 0 Å². The molecule has 2 N–H and O–H groups in total. The van der Waals surface area contributed by atoms with E-state index in [0.29, 0.717) is 6.54 Å². The first-order valence-corrected chi connectivity index (χ1v) is 10.4. The smallest absolute Gasteiger partial charge is 0.408 e. The molecule has 0 fully saturated rings. The van der Waals surface area contributed by atoms with Gasteiger partial charge in [-0.3, -0.25) is 4.79 Å². The molecule has 27 heavy (non-hydrogen) atoms. The Morgan fingerprint density at radius 1 is 0.926 bits per heavy atom. The number of carbonyl (C=O) groups is 2. The fourth-order valence-corrected chi connectivity index (χ4v) is 2.81. The van der Waals surface area contributed by atoms with Crippen LogP contribution in [0.25, 0.3) is 0 Å². The van der Waals surface area contributed by atoms with Crippen molar-refractivity contribution in [2.24, 2.45) is 0 Å². The van der Waals surface area contributed by atoms with E-state index in [9.17, 15) is 9.59 Å². The summed E-state index contributed by atoms with van der Waals surface area (Å²) in [6.07, 6.45) is 10.7. The lowest BCUT2D eigenvalue weighted by Crippen LogP contribution is -2.45. The quantitative estimate of drug-likeness (QED) is 0.452. The minimum atomic E-state index is -0.605. The maximum atomic E-state index is 12.0. The van der Waals surface area contributed by atoms with Crippen LogP contribution in [0.3, 0.4) is 0 Å². The number of carbonyl (C=O) groups excluding carboxylic acids is 2. The molecule has 1 rings (SSSR count). The second-order valence-corrected chi connectivity index (χ2v) is 7.05. The molecular formula is C22H36N2O3. The van der Waals surface area contributed by atoms with E-state index in [-0.39, 0.29) is 12.5 Å². The van der Waals surface area contributed by atoms with Crippen LogP contribution in [0.5, 0.6) is 0 Å². The third-order valence-corrected chi connectivity index (χ3v) is 4.52. The molecule has 0 aliphatic rings. The molecule has 152 valence electrons. The molecule has 2 amide bonds. The lowest BCUT2D eigenvalue weighted by atomic mass is 10.1. The van der Waals surface area contributed by atoms with Gasteiger partial charge in [0.05, 0.1) is 0 Å². The number of unbranched alkanes of at least 4 members (excludes halogenated alkanes) is 8. The SMILES string of the molecule is CCCCCCCCCCCNC(=O)[C@H](C)NC(=O)OCc1ccccc1. The van der Waals surface area contributed by atoms with Crippen molar-refractivity contribution in [2.75, 3.05) is 6.54 Å². The van der Waals surface area contributed by atoms with Crippen LogP contribution in [-0.4, -0.2) is 24.6 Å². The van der Waals surface area contributed by atoms with E-state index in [1.807, 2.05) is 30.3 Å². The zero-order chi connectivity index (χ0) is 19.7. The van der Waals surface area contributed by atoms with Gasteiger partial charge in [0.25, 0.3) is 0 Å². The number of hydrogen-bond acceptors (Lipinski definition) is 3. The van der Waals surface area contributed by atoms with Crippen LogP contribution < -0.4 is 10.6 Å². The Kier molecular flexibility index (Phi) is 12.8. The first kappa shape index (κ1) is 23.0. The molecule has 0 heterocycles. The molecule has 0 radical (unpaired) electrons. The van der Waals surface area contributed by atoms with Gasteiger partial charge in [0, 0.05) is 6.54 Å². The molecule has 0 unspecified atom stereocenters. The van der Waals surface area contributed by atoms with Gasteiger partial charge < -0.3 is 15.4 Å². The highest BCUT2D eigenvalue weighted by atomic mass is 16.5. The van der Waals surface area contributed by atoms with Crippen molar-refractivity contribution in [3.05, 3.63) is 35.9 Å². The van der Waals surface area contributed by atoms with Crippen molar-refractivity contribution in [1.82, 2.24) is 10.6 Å². The summed E-state index contributed by atoms with van der Waals surface area (Å²) in [7, 11) is 0. The maximum Gasteiger partial charge on any atom is 0.408 e. The molecule has 0 aliphatic heterocycles. The van der Waals surface area contributed by atoms with Gasteiger partial charge >= 0.3 is 6.09 Å². The summed E-state index contributed by atoms with van der Waals surface area (Å²) in [5.74, 6) is -0.175. The Bertz CT molecular complexity index is 520. The third kappa shape index (κ3) is 12.1. The fraction of sp³-hybridized carbons (Fsp3) is 0.636. The van der Waals surface area contributed by atoms with Gasteiger partial charge in [-0.1, -0.05) is 88.6 Å². The van der Waals surface area contributed by atoms with Crippen LogP contribution in [0.2, 0.25) is 0 Å². The number of benzene rings is 1. The standard InChI is InChI=1S/C22H36N2O3/c1-3-4-5-6-7-8-9-10-14-17-23-21(25)19(2)24-22(26)27-18-20-15-12-11-13-16-20/h11-13,15-16,19H,3-10,14,17-18H2,1-2H3,(H,23,25)(H,24,26)/t19-/m0/s1. The lowest BCUT2D eigenvalue weighted by Gasteiger charge is -2.14. The van der Waals surface area contributed by atoms with Crippen molar-refractivity contribution in [2.45, 2.75) is 84.3 Å². The lowest BCUT2D eigenvalue weighted by molar-refractivity contribution is -0.122. The molecule has 5 heteroatoms. The minimum absolute atomic E-state index is 0.175. The summed E-state index contributed by atoms with van der Waals surface area (Å²) in [5, 5.41) is 5.43. The fourth-order valence-electron chi connectivity index (χ4n) is 2.81. The number of alkyl carbamates (subject to hydrolysis) is 1. The van der Waals surface area contributed by atoms with Gasteiger partial charge in [0.2, 0.25) is 5.91 Å². The first-order chi connectivity index (χ1) is 13.1. The predicted octanol–water partition coefficient (Wildman–Crippen LogP) is 4.95. The van der Waals surface area contributed by atoms with Gasteiger partial charge in [-0.2, -0.15) is 0 Å². The van der Waals surface area contributed by atoms with Crippen LogP contribution in [0, 0.1) is 0 Å². The number of ether oxygens (including phenoxy) is 1.